The Morgan fingerprint density at radius 2 is 1.88 bits per heavy atom. The van der Waals surface area contributed by atoms with Gasteiger partial charge in [0.1, 0.15) is 5.75 Å². The van der Waals surface area contributed by atoms with Crippen molar-refractivity contribution in [3.63, 3.8) is 0 Å². The number of hydrazone groups is 1. The van der Waals surface area contributed by atoms with Crippen molar-refractivity contribution in [1.29, 1.82) is 0 Å². The first-order valence-electron chi connectivity index (χ1n) is 10.7. The molecule has 2 amide bonds. The number of rotatable bonds is 11. The lowest BCUT2D eigenvalue weighted by molar-refractivity contribution is -0.123. The number of hydrogen-bond acceptors (Lipinski definition) is 7. The van der Waals surface area contributed by atoms with Gasteiger partial charge in [-0.25, -0.2) is 5.43 Å². The van der Waals surface area contributed by atoms with E-state index in [2.05, 4.69) is 15.8 Å². The molecule has 176 valence electrons. The molecule has 0 radical (unpaired) electrons. The predicted molar refractivity (Wildman–Crippen MR) is 123 cm³/mol. The molecule has 0 aliphatic carbocycles. The van der Waals surface area contributed by atoms with Gasteiger partial charge < -0.3 is 24.3 Å². The van der Waals surface area contributed by atoms with E-state index in [1.165, 1.54) is 6.21 Å². The van der Waals surface area contributed by atoms with Gasteiger partial charge in [0, 0.05) is 13.2 Å². The Bertz CT molecular complexity index is 955. The number of nitrogens with zero attached hydrogens (tertiary/aromatic N) is 1. The van der Waals surface area contributed by atoms with Gasteiger partial charge in [0.05, 0.1) is 33.0 Å². The second kappa shape index (κ2) is 12.4. The molecule has 0 bridgehead atoms. The fourth-order valence-corrected chi connectivity index (χ4v) is 3.28. The van der Waals surface area contributed by atoms with E-state index in [4.69, 9.17) is 18.9 Å². The lowest BCUT2D eigenvalue weighted by atomic mass is 10.1. The Morgan fingerprint density at radius 1 is 1.09 bits per heavy atom. The van der Waals surface area contributed by atoms with Crippen LogP contribution in [0.2, 0.25) is 0 Å². The molecule has 0 saturated carbocycles. The van der Waals surface area contributed by atoms with Crippen LogP contribution in [0.25, 0.3) is 0 Å². The fourth-order valence-electron chi connectivity index (χ4n) is 3.28. The topological polar surface area (TPSA) is 107 Å². The zero-order chi connectivity index (χ0) is 23.5. The number of hydrogen-bond donors (Lipinski definition) is 2. The molecule has 2 aromatic carbocycles. The first-order chi connectivity index (χ1) is 16.1. The molecular weight excluding hydrogens is 426 g/mol. The van der Waals surface area contributed by atoms with Crippen molar-refractivity contribution in [2.75, 3.05) is 34.0 Å². The van der Waals surface area contributed by atoms with Gasteiger partial charge in [0.25, 0.3) is 5.91 Å². The van der Waals surface area contributed by atoms with Gasteiger partial charge in [-0.1, -0.05) is 6.07 Å². The molecule has 0 aromatic heterocycles. The minimum absolute atomic E-state index is 0.0631. The van der Waals surface area contributed by atoms with Gasteiger partial charge in [-0.3, -0.25) is 9.59 Å². The van der Waals surface area contributed by atoms with E-state index in [-0.39, 0.29) is 30.9 Å². The molecule has 1 aliphatic heterocycles. The first-order valence-corrected chi connectivity index (χ1v) is 10.7. The molecule has 0 unspecified atom stereocenters. The van der Waals surface area contributed by atoms with E-state index < -0.39 is 0 Å². The highest BCUT2D eigenvalue weighted by Crippen LogP contribution is 2.27. The van der Waals surface area contributed by atoms with Crippen LogP contribution in [0.3, 0.4) is 0 Å². The van der Waals surface area contributed by atoms with Crippen molar-refractivity contribution < 1.29 is 28.5 Å². The van der Waals surface area contributed by atoms with Crippen molar-refractivity contribution >= 4 is 18.0 Å². The van der Waals surface area contributed by atoms with Crippen LogP contribution in [0, 0.1) is 0 Å². The minimum Gasteiger partial charge on any atom is -0.493 e. The van der Waals surface area contributed by atoms with Crippen LogP contribution in [-0.2, 0) is 20.7 Å². The molecule has 33 heavy (non-hydrogen) atoms. The smallest absolute Gasteiger partial charge is 0.258 e. The number of amides is 2. The average molecular weight is 456 g/mol. The van der Waals surface area contributed by atoms with Crippen molar-refractivity contribution in [1.82, 2.24) is 10.7 Å². The van der Waals surface area contributed by atoms with Crippen LogP contribution in [0.15, 0.2) is 47.6 Å². The number of carbonyl (C=O) groups is 2. The maximum Gasteiger partial charge on any atom is 0.258 e. The van der Waals surface area contributed by atoms with Gasteiger partial charge in [-0.2, -0.15) is 5.10 Å². The summed E-state index contributed by atoms with van der Waals surface area (Å²) in [6.07, 6.45) is 3.80. The highest BCUT2D eigenvalue weighted by Gasteiger charge is 2.16. The van der Waals surface area contributed by atoms with E-state index >= 15 is 0 Å². The second-order valence-electron chi connectivity index (χ2n) is 7.46. The van der Waals surface area contributed by atoms with Crippen LogP contribution in [0.1, 0.15) is 24.0 Å². The van der Waals surface area contributed by atoms with Crippen LogP contribution < -0.4 is 25.0 Å². The quantitative estimate of drug-likeness (QED) is 0.397. The molecule has 0 spiro atoms. The van der Waals surface area contributed by atoms with Crippen LogP contribution >= 0.6 is 0 Å². The maximum absolute atomic E-state index is 12.1. The second-order valence-corrected chi connectivity index (χ2v) is 7.46. The van der Waals surface area contributed by atoms with E-state index in [9.17, 15) is 9.59 Å². The number of methoxy groups -OCH3 is 2. The third-order valence-corrected chi connectivity index (χ3v) is 5.02. The lowest BCUT2D eigenvalue weighted by Gasteiger charge is -2.11. The standard InChI is InChI=1S/C24H29N3O6/c1-30-21-10-7-18(12-22(21)31-2)13-23(28)27-26-14-17-5-8-19(9-6-17)33-16-24(29)25-15-20-4-3-11-32-20/h5-10,12,14,20H,3-4,11,13,15-16H2,1-2H3,(H,25,29)(H,27,28)/b26-14-/t20-/m0/s1. The molecule has 1 saturated heterocycles. The summed E-state index contributed by atoms with van der Waals surface area (Å²) < 4.78 is 21.4. The van der Waals surface area contributed by atoms with Gasteiger partial charge >= 0.3 is 0 Å². The molecule has 1 atom stereocenters. The normalized spacial score (nSPS) is 15.3. The zero-order valence-electron chi connectivity index (χ0n) is 18.8. The van der Waals surface area contributed by atoms with E-state index in [1.807, 2.05) is 0 Å². The van der Waals surface area contributed by atoms with Crippen LogP contribution in [0.5, 0.6) is 17.2 Å². The van der Waals surface area contributed by atoms with E-state index in [0.29, 0.717) is 23.8 Å². The van der Waals surface area contributed by atoms with E-state index in [0.717, 1.165) is 30.6 Å². The third kappa shape index (κ3) is 7.80. The van der Waals surface area contributed by atoms with Crippen molar-refractivity contribution in [2.45, 2.75) is 25.4 Å². The molecule has 2 aromatic rings. The third-order valence-electron chi connectivity index (χ3n) is 5.02. The summed E-state index contributed by atoms with van der Waals surface area (Å²) in [7, 11) is 3.10. The minimum atomic E-state index is -0.257. The first kappa shape index (κ1) is 24.1. The Labute approximate surface area is 193 Å². The summed E-state index contributed by atoms with van der Waals surface area (Å²) in [5.74, 6) is 1.29. The molecule has 9 heteroatoms. The Hall–Kier alpha value is -3.59. The Morgan fingerprint density at radius 3 is 2.58 bits per heavy atom. The van der Waals surface area contributed by atoms with Crippen LogP contribution in [-0.4, -0.2) is 58.1 Å². The number of carbonyl (C=O) groups excluding carboxylic acids is 2. The molecular formula is C24H29N3O6. The highest BCUT2D eigenvalue weighted by molar-refractivity contribution is 5.83. The predicted octanol–water partition coefficient (Wildman–Crippen LogP) is 2.07. The lowest BCUT2D eigenvalue weighted by Crippen LogP contribution is -2.35. The van der Waals surface area contributed by atoms with Crippen molar-refractivity contribution in [3.8, 4) is 17.2 Å². The van der Waals surface area contributed by atoms with Gasteiger partial charge in [-0.05, 0) is 60.4 Å². The fraction of sp³-hybridized carbons (Fsp3) is 0.375. The summed E-state index contributed by atoms with van der Waals surface area (Å²) in [5, 5.41) is 6.79. The van der Waals surface area contributed by atoms with Gasteiger partial charge in [0.2, 0.25) is 5.91 Å². The van der Waals surface area contributed by atoms with E-state index in [1.54, 1.807) is 56.7 Å². The number of benzene rings is 2. The van der Waals surface area contributed by atoms with Gasteiger partial charge in [0.15, 0.2) is 18.1 Å². The molecule has 2 N–H and O–H groups in total. The summed E-state index contributed by atoms with van der Waals surface area (Å²) in [6, 6.07) is 12.3. The van der Waals surface area contributed by atoms with Crippen molar-refractivity contribution in [3.05, 3.63) is 53.6 Å². The summed E-state index contributed by atoms with van der Waals surface area (Å²) in [5.41, 5.74) is 4.06. The van der Waals surface area contributed by atoms with Crippen LogP contribution in [0.4, 0.5) is 0 Å². The SMILES string of the molecule is COc1ccc(CC(=O)N/N=C\c2ccc(OCC(=O)NC[C@@H]3CCCO3)cc2)cc1OC. The average Bonchev–Trinajstić information content (AvgIpc) is 3.36. The van der Waals surface area contributed by atoms with Crippen molar-refractivity contribution in [2.24, 2.45) is 5.10 Å². The molecule has 1 fully saturated rings. The monoisotopic (exact) mass is 455 g/mol. The zero-order valence-corrected chi connectivity index (χ0v) is 18.8. The largest absolute Gasteiger partial charge is 0.493 e. The molecule has 9 nitrogen and oxygen atoms in total. The summed E-state index contributed by atoms with van der Waals surface area (Å²) in [6.45, 7) is 1.20. The summed E-state index contributed by atoms with van der Waals surface area (Å²) >= 11 is 0. The molecule has 3 rings (SSSR count). The summed E-state index contributed by atoms with van der Waals surface area (Å²) in [4.78, 5) is 24.0. The number of nitrogens with one attached hydrogen (secondary N) is 2. The Kier molecular flexibility index (Phi) is 9.08. The number of ether oxygens (including phenoxy) is 4. The Balaban J connectivity index is 1.39. The molecule has 1 aliphatic rings. The van der Waals surface area contributed by atoms with Gasteiger partial charge in [-0.15, -0.1) is 0 Å². The highest BCUT2D eigenvalue weighted by atomic mass is 16.5. The molecule has 1 heterocycles. The maximum atomic E-state index is 12.1.